The molecule has 0 radical (unpaired) electrons. The molecule has 176 valence electrons. The Labute approximate surface area is 184 Å². The van der Waals surface area contributed by atoms with Crippen LogP contribution in [0.4, 0.5) is 0 Å². The lowest BCUT2D eigenvalue weighted by atomic mass is 9.98. The first-order valence-electron chi connectivity index (χ1n) is 9.72. The van der Waals surface area contributed by atoms with Crippen molar-refractivity contribution in [3.63, 3.8) is 0 Å². The molecule has 11 heteroatoms. The zero-order valence-corrected chi connectivity index (χ0v) is 18.4. The fraction of sp³-hybridized carbons (Fsp3) is 0.524. The molecule has 11 nitrogen and oxygen atoms in total. The number of carbonyl (C=O) groups is 4. The van der Waals surface area contributed by atoms with E-state index in [1.54, 1.807) is 24.3 Å². The Morgan fingerprint density at radius 2 is 1.31 bits per heavy atom. The van der Waals surface area contributed by atoms with Gasteiger partial charge in [0.25, 0.3) is 0 Å². The van der Waals surface area contributed by atoms with Gasteiger partial charge in [0.05, 0.1) is 7.11 Å². The number of hydrogen-bond donors (Lipinski definition) is 0. The highest BCUT2D eigenvalue weighted by atomic mass is 16.7. The third kappa shape index (κ3) is 6.84. The molecule has 1 aromatic carbocycles. The summed E-state index contributed by atoms with van der Waals surface area (Å²) in [6, 6.07) is 6.63. The molecule has 1 aliphatic rings. The van der Waals surface area contributed by atoms with E-state index in [4.69, 9.17) is 33.2 Å². The summed E-state index contributed by atoms with van der Waals surface area (Å²) < 4.78 is 38.1. The van der Waals surface area contributed by atoms with Gasteiger partial charge in [-0.1, -0.05) is 12.1 Å². The largest absolute Gasteiger partial charge is 0.493 e. The summed E-state index contributed by atoms with van der Waals surface area (Å²) in [6.45, 7) is 4.28. The molecule has 1 heterocycles. The fourth-order valence-corrected chi connectivity index (χ4v) is 3.12. The van der Waals surface area contributed by atoms with Gasteiger partial charge in [0.1, 0.15) is 12.7 Å². The lowest BCUT2D eigenvalue weighted by Gasteiger charge is -2.43. The van der Waals surface area contributed by atoms with Crippen LogP contribution in [0.1, 0.15) is 27.7 Å². The van der Waals surface area contributed by atoms with Crippen molar-refractivity contribution in [1.82, 2.24) is 0 Å². The minimum atomic E-state index is -1.33. The number of carbonyl (C=O) groups excluding carboxylic acids is 4. The van der Waals surface area contributed by atoms with Gasteiger partial charge in [0.2, 0.25) is 12.4 Å². The van der Waals surface area contributed by atoms with Crippen molar-refractivity contribution in [2.75, 3.05) is 13.7 Å². The van der Waals surface area contributed by atoms with Crippen molar-refractivity contribution >= 4 is 23.9 Å². The van der Waals surface area contributed by atoms with Gasteiger partial charge in [0.15, 0.2) is 23.7 Å². The summed E-state index contributed by atoms with van der Waals surface area (Å²) in [5.74, 6) is -2.16. The molecule has 0 aliphatic carbocycles. The summed E-state index contributed by atoms with van der Waals surface area (Å²) in [5, 5.41) is 0. The predicted octanol–water partition coefficient (Wildman–Crippen LogP) is 1.16. The molecule has 1 saturated heterocycles. The summed E-state index contributed by atoms with van der Waals surface area (Å²) in [4.78, 5) is 46.7. The van der Waals surface area contributed by atoms with Crippen LogP contribution in [0.3, 0.4) is 0 Å². The van der Waals surface area contributed by atoms with Gasteiger partial charge >= 0.3 is 23.9 Å². The third-order valence-corrected chi connectivity index (χ3v) is 4.26. The van der Waals surface area contributed by atoms with Crippen LogP contribution in [0.2, 0.25) is 0 Å². The van der Waals surface area contributed by atoms with Crippen LogP contribution in [0.15, 0.2) is 24.3 Å². The maximum Gasteiger partial charge on any atom is 0.303 e. The van der Waals surface area contributed by atoms with E-state index < -0.39 is 54.6 Å². The van der Waals surface area contributed by atoms with Crippen molar-refractivity contribution in [2.24, 2.45) is 0 Å². The molecular formula is C21H26O11. The Hall–Kier alpha value is -3.34. The number of benzene rings is 1. The van der Waals surface area contributed by atoms with E-state index >= 15 is 0 Å². The second-order valence-electron chi connectivity index (χ2n) is 6.84. The van der Waals surface area contributed by atoms with Gasteiger partial charge < -0.3 is 33.2 Å². The van der Waals surface area contributed by atoms with Crippen LogP contribution in [-0.4, -0.2) is 68.3 Å². The van der Waals surface area contributed by atoms with Gasteiger partial charge in [-0.2, -0.15) is 0 Å². The summed E-state index contributed by atoms with van der Waals surface area (Å²) >= 11 is 0. The molecule has 1 aliphatic heterocycles. The van der Waals surface area contributed by atoms with Crippen LogP contribution in [0.5, 0.6) is 11.5 Å². The number of para-hydroxylation sites is 2. The van der Waals surface area contributed by atoms with E-state index in [9.17, 15) is 19.2 Å². The summed E-state index contributed by atoms with van der Waals surface area (Å²) in [6.07, 6.45) is -6.31. The molecule has 2 rings (SSSR count). The Balaban J connectivity index is 2.48. The van der Waals surface area contributed by atoms with Gasteiger partial charge in [-0.25, -0.2) is 0 Å². The maximum atomic E-state index is 11.8. The standard InChI is InChI=1S/C21H26O11/c1-11(22)27-10-17-18(28-12(2)23)19(29-13(3)24)20(30-14(4)25)21(32-17)31-16-9-7-6-8-15(16)26-5/h6-9,17-21H,10H2,1-5H3/t17-,18+,19+,20+,21-/m1/s1. The normalized spacial score (nSPS) is 24.6. The lowest BCUT2D eigenvalue weighted by Crippen LogP contribution is -2.63. The Bertz CT molecular complexity index is 837. The number of hydrogen-bond acceptors (Lipinski definition) is 11. The first-order valence-corrected chi connectivity index (χ1v) is 9.72. The first kappa shape index (κ1) is 24.9. The van der Waals surface area contributed by atoms with E-state index in [1.165, 1.54) is 14.0 Å². The van der Waals surface area contributed by atoms with Crippen molar-refractivity contribution in [3.8, 4) is 11.5 Å². The molecule has 0 spiro atoms. The molecule has 0 amide bonds. The Kier molecular flexibility index (Phi) is 8.82. The molecule has 0 bridgehead atoms. The molecular weight excluding hydrogens is 428 g/mol. The highest BCUT2D eigenvalue weighted by Crippen LogP contribution is 2.34. The Morgan fingerprint density at radius 3 is 1.84 bits per heavy atom. The molecule has 5 atom stereocenters. The van der Waals surface area contributed by atoms with E-state index in [0.717, 1.165) is 20.8 Å². The SMILES string of the molecule is COc1ccccc1O[C@@H]1O[C@H](COC(C)=O)[C@H](OC(C)=O)[C@H](OC(C)=O)[C@@H]1OC(C)=O. The van der Waals surface area contributed by atoms with Gasteiger partial charge in [0, 0.05) is 27.7 Å². The van der Waals surface area contributed by atoms with Crippen LogP contribution >= 0.6 is 0 Å². The molecule has 1 fully saturated rings. The van der Waals surface area contributed by atoms with E-state index in [2.05, 4.69) is 0 Å². The highest BCUT2D eigenvalue weighted by molar-refractivity contribution is 5.68. The first-order chi connectivity index (χ1) is 15.1. The van der Waals surface area contributed by atoms with Gasteiger partial charge in [-0.3, -0.25) is 19.2 Å². The fourth-order valence-electron chi connectivity index (χ4n) is 3.12. The summed E-state index contributed by atoms with van der Waals surface area (Å²) in [5.41, 5.74) is 0. The average Bonchev–Trinajstić information content (AvgIpc) is 2.70. The molecule has 0 aromatic heterocycles. The zero-order valence-electron chi connectivity index (χ0n) is 18.4. The second-order valence-corrected chi connectivity index (χ2v) is 6.84. The van der Waals surface area contributed by atoms with E-state index in [1.807, 2.05) is 0 Å². The zero-order chi connectivity index (χ0) is 23.8. The monoisotopic (exact) mass is 454 g/mol. The lowest BCUT2D eigenvalue weighted by molar-refractivity contribution is -0.288. The van der Waals surface area contributed by atoms with Crippen molar-refractivity contribution < 1.29 is 52.3 Å². The summed E-state index contributed by atoms with van der Waals surface area (Å²) in [7, 11) is 1.44. The Morgan fingerprint density at radius 1 is 0.781 bits per heavy atom. The van der Waals surface area contributed by atoms with E-state index in [-0.39, 0.29) is 12.4 Å². The van der Waals surface area contributed by atoms with Crippen molar-refractivity contribution in [1.29, 1.82) is 0 Å². The topological polar surface area (TPSA) is 133 Å². The van der Waals surface area contributed by atoms with Crippen LogP contribution in [0, 0.1) is 0 Å². The van der Waals surface area contributed by atoms with Crippen LogP contribution < -0.4 is 9.47 Å². The second kappa shape index (κ2) is 11.3. The minimum Gasteiger partial charge on any atom is -0.493 e. The average molecular weight is 454 g/mol. The van der Waals surface area contributed by atoms with Crippen molar-refractivity contribution in [2.45, 2.75) is 58.4 Å². The van der Waals surface area contributed by atoms with Gasteiger partial charge in [-0.05, 0) is 12.1 Å². The quantitative estimate of drug-likeness (QED) is 0.414. The third-order valence-electron chi connectivity index (χ3n) is 4.26. The molecule has 1 aromatic rings. The molecule has 32 heavy (non-hydrogen) atoms. The van der Waals surface area contributed by atoms with Crippen LogP contribution in [0.25, 0.3) is 0 Å². The molecule has 0 unspecified atom stereocenters. The smallest absolute Gasteiger partial charge is 0.303 e. The van der Waals surface area contributed by atoms with Crippen molar-refractivity contribution in [3.05, 3.63) is 24.3 Å². The number of rotatable bonds is 8. The maximum absolute atomic E-state index is 11.8. The highest BCUT2D eigenvalue weighted by Gasteiger charge is 2.53. The number of ether oxygens (including phenoxy) is 7. The minimum absolute atomic E-state index is 0.246. The van der Waals surface area contributed by atoms with Gasteiger partial charge in [-0.15, -0.1) is 0 Å². The van der Waals surface area contributed by atoms with E-state index in [0.29, 0.717) is 5.75 Å². The molecule has 0 N–H and O–H groups in total. The number of methoxy groups -OCH3 is 1. The number of esters is 4. The van der Waals surface area contributed by atoms with Crippen LogP contribution in [-0.2, 0) is 42.9 Å². The molecule has 0 saturated carbocycles. The predicted molar refractivity (Wildman–Crippen MR) is 106 cm³/mol.